The molecule has 0 aliphatic rings. The van der Waals surface area contributed by atoms with Gasteiger partial charge in [-0.1, -0.05) is 60.7 Å². The van der Waals surface area contributed by atoms with Crippen LogP contribution in [-0.4, -0.2) is 9.55 Å². The molecule has 0 spiro atoms. The zero-order valence-electron chi connectivity index (χ0n) is 16.4. The number of aryl methyl sites for hydroxylation is 1. The van der Waals surface area contributed by atoms with Crippen molar-refractivity contribution in [1.82, 2.24) is 9.55 Å². The first-order valence-corrected chi connectivity index (χ1v) is 9.87. The average Bonchev–Trinajstić information content (AvgIpc) is 3.10. The molecule has 0 radical (unpaired) electrons. The number of nitrogens with zero attached hydrogens (tertiary/aromatic N) is 2. The molecule has 0 unspecified atom stereocenters. The molecule has 3 nitrogen and oxygen atoms in total. The molecule has 1 heterocycles. The van der Waals surface area contributed by atoms with Gasteiger partial charge in [-0.25, -0.2) is 4.98 Å². The third kappa shape index (κ3) is 3.59. The Hall–Kier alpha value is -3.59. The normalized spacial score (nSPS) is 11.2. The van der Waals surface area contributed by atoms with E-state index in [1.54, 1.807) is 0 Å². The number of rotatable bonds is 5. The summed E-state index contributed by atoms with van der Waals surface area (Å²) in [6, 6.07) is 31.5. The quantitative estimate of drug-likeness (QED) is 0.368. The minimum Gasteiger partial charge on any atom is -0.486 e. The monoisotopic (exact) mass is 378 g/mol. The van der Waals surface area contributed by atoms with Crippen molar-refractivity contribution in [3.63, 3.8) is 0 Å². The number of hydrogen-bond donors (Lipinski definition) is 0. The Morgan fingerprint density at radius 1 is 0.793 bits per heavy atom. The van der Waals surface area contributed by atoms with Crippen LogP contribution in [0.5, 0.6) is 5.75 Å². The number of hydrogen-bond acceptors (Lipinski definition) is 2. The molecule has 4 aromatic carbocycles. The highest BCUT2D eigenvalue weighted by molar-refractivity contribution is 5.83. The summed E-state index contributed by atoms with van der Waals surface area (Å²) in [5.41, 5.74) is 4.57. The number of fused-ring (bicyclic) bond motifs is 2. The maximum absolute atomic E-state index is 6.07. The highest BCUT2D eigenvalue weighted by atomic mass is 16.5. The Balaban J connectivity index is 1.50. The largest absolute Gasteiger partial charge is 0.486 e. The van der Waals surface area contributed by atoms with Gasteiger partial charge in [0.05, 0.1) is 11.0 Å². The molecule has 0 saturated carbocycles. The molecule has 0 bridgehead atoms. The fourth-order valence-corrected chi connectivity index (χ4v) is 3.78. The zero-order valence-corrected chi connectivity index (χ0v) is 16.4. The van der Waals surface area contributed by atoms with E-state index in [-0.39, 0.29) is 0 Å². The van der Waals surface area contributed by atoms with Gasteiger partial charge in [-0.3, -0.25) is 0 Å². The second-order valence-electron chi connectivity index (χ2n) is 7.39. The first-order chi connectivity index (χ1) is 14.3. The first-order valence-electron chi connectivity index (χ1n) is 9.87. The van der Waals surface area contributed by atoms with Gasteiger partial charge < -0.3 is 9.30 Å². The van der Waals surface area contributed by atoms with Crippen molar-refractivity contribution in [3.8, 4) is 5.75 Å². The van der Waals surface area contributed by atoms with Crippen LogP contribution in [0.25, 0.3) is 21.8 Å². The Morgan fingerprint density at radius 3 is 2.52 bits per heavy atom. The van der Waals surface area contributed by atoms with Crippen LogP contribution < -0.4 is 4.74 Å². The minimum atomic E-state index is 0.436. The van der Waals surface area contributed by atoms with Crippen LogP contribution in [0.1, 0.15) is 17.0 Å². The maximum Gasteiger partial charge on any atom is 0.148 e. The number of benzene rings is 4. The molecule has 0 fully saturated rings. The molecule has 0 aliphatic heterocycles. The van der Waals surface area contributed by atoms with E-state index in [0.29, 0.717) is 6.61 Å². The maximum atomic E-state index is 6.07. The van der Waals surface area contributed by atoms with Crippen LogP contribution in [0, 0.1) is 6.92 Å². The van der Waals surface area contributed by atoms with E-state index >= 15 is 0 Å². The van der Waals surface area contributed by atoms with Gasteiger partial charge in [0, 0.05) is 6.54 Å². The Morgan fingerprint density at radius 2 is 1.62 bits per heavy atom. The molecule has 0 aliphatic carbocycles. The molecule has 0 amide bonds. The number of aromatic nitrogens is 2. The van der Waals surface area contributed by atoms with Crippen molar-refractivity contribution in [2.45, 2.75) is 20.1 Å². The molecular formula is C26H22N2O. The van der Waals surface area contributed by atoms with E-state index in [9.17, 15) is 0 Å². The molecule has 5 aromatic rings. The lowest BCUT2D eigenvalue weighted by Crippen LogP contribution is -2.08. The molecule has 5 rings (SSSR count). The predicted octanol–water partition coefficient (Wildman–Crippen LogP) is 6.13. The molecule has 3 heteroatoms. The van der Waals surface area contributed by atoms with Crippen LogP contribution in [0.2, 0.25) is 0 Å². The third-order valence-electron chi connectivity index (χ3n) is 5.25. The fourth-order valence-electron chi connectivity index (χ4n) is 3.78. The lowest BCUT2D eigenvalue weighted by molar-refractivity contribution is 0.291. The Kier molecular flexibility index (Phi) is 4.49. The van der Waals surface area contributed by atoms with Gasteiger partial charge in [-0.05, 0) is 59.2 Å². The van der Waals surface area contributed by atoms with Crippen LogP contribution in [0.3, 0.4) is 0 Å². The van der Waals surface area contributed by atoms with E-state index in [2.05, 4.69) is 84.3 Å². The van der Waals surface area contributed by atoms with Crippen molar-refractivity contribution < 1.29 is 4.74 Å². The van der Waals surface area contributed by atoms with Crippen molar-refractivity contribution in [2.75, 3.05) is 0 Å². The van der Waals surface area contributed by atoms with Gasteiger partial charge in [0.2, 0.25) is 0 Å². The van der Waals surface area contributed by atoms with E-state index in [1.165, 1.54) is 21.9 Å². The lowest BCUT2D eigenvalue weighted by Gasteiger charge is -2.12. The summed E-state index contributed by atoms with van der Waals surface area (Å²) in [5.74, 6) is 1.80. The second-order valence-corrected chi connectivity index (χ2v) is 7.39. The van der Waals surface area contributed by atoms with Gasteiger partial charge in [0.1, 0.15) is 18.2 Å². The van der Waals surface area contributed by atoms with Gasteiger partial charge in [-0.2, -0.15) is 0 Å². The van der Waals surface area contributed by atoms with Crippen molar-refractivity contribution in [2.24, 2.45) is 0 Å². The summed E-state index contributed by atoms with van der Waals surface area (Å²) in [6.07, 6.45) is 0. The van der Waals surface area contributed by atoms with Crippen molar-refractivity contribution in [1.29, 1.82) is 0 Å². The van der Waals surface area contributed by atoms with Crippen molar-refractivity contribution >= 4 is 21.8 Å². The number of ether oxygens (including phenoxy) is 1. The molecule has 0 atom stereocenters. The smallest absolute Gasteiger partial charge is 0.148 e. The second kappa shape index (κ2) is 7.44. The van der Waals surface area contributed by atoms with Crippen molar-refractivity contribution in [3.05, 3.63) is 108 Å². The highest BCUT2D eigenvalue weighted by Gasteiger charge is 2.12. The van der Waals surface area contributed by atoms with Gasteiger partial charge >= 0.3 is 0 Å². The average molecular weight is 378 g/mol. The fraction of sp³-hybridized carbons (Fsp3) is 0.115. The van der Waals surface area contributed by atoms with Gasteiger partial charge in [0.15, 0.2) is 0 Å². The van der Waals surface area contributed by atoms with Crippen LogP contribution >= 0.6 is 0 Å². The summed E-state index contributed by atoms with van der Waals surface area (Å²) < 4.78 is 8.33. The molecule has 0 saturated heterocycles. The van der Waals surface area contributed by atoms with Gasteiger partial charge in [-0.15, -0.1) is 0 Å². The van der Waals surface area contributed by atoms with Crippen LogP contribution in [-0.2, 0) is 13.2 Å². The third-order valence-corrected chi connectivity index (χ3v) is 5.25. The molecular weight excluding hydrogens is 356 g/mol. The summed E-state index contributed by atoms with van der Waals surface area (Å²) in [6.45, 7) is 3.27. The topological polar surface area (TPSA) is 27.1 Å². The summed E-state index contributed by atoms with van der Waals surface area (Å²) in [7, 11) is 0. The van der Waals surface area contributed by atoms with E-state index in [1.807, 2.05) is 18.2 Å². The van der Waals surface area contributed by atoms with Gasteiger partial charge in [0.25, 0.3) is 0 Å². The van der Waals surface area contributed by atoms with Crippen LogP contribution in [0.4, 0.5) is 0 Å². The standard InChI is InChI=1S/C26H22N2O/c1-19-7-6-10-23(15-19)29-18-26-27-24-11-4-5-12-25(24)28(26)17-20-13-14-21-8-2-3-9-22(21)16-20/h2-16H,17-18H2,1H3. The summed E-state index contributed by atoms with van der Waals surface area (Å²) >= 11 is 0. The Bertz CT molecular complexity index is 1300. The lowest BCUT2D eigenvalue weighted by atomic mass is 10.1. The molecule has 29 heavy (non-hydrogen) atoms. The predicted molar refractivity (Wildman–Crippen MR) is 118 cm³/mol. The first kappa shape index (κ1) is 17.5. The summed E-state index contributed by atoms with van der Waals surface area (Å²) in [5, 5.41) is 2.52. The molecule has 1 aromatic heterocycles. The van der Waals surface area contributed by atoms with E-state index < -0.39 is 0 Å². The SMILES string of the molecule is Cc1cccc(OCc2nc3ccccc3n2Cc2ccc3ccccc3c2)c1. The van der Waals surface area contributed by atoms with Crippen LogP contribution in [0.15, 0.2) is 91.0 Å². The number of para-hydroxylation sites is 2. The molecule has 0 N–H and O–H groups in total. The minimum absolute atomic E-state index is 0.436. The number of imidazole rings is 1. The van der Waals surface area contributed by atoms with E-state index in [4.69, 9.17) is 9.72 Å². The molecule has 142 valence electrons. The summed E-state index contributed by atoms with van der Waals surface area (Å²) in [4.78, 5) is 4.85. The highest BCUT2D eigenvalue weighted by Crippen LogP contribution is 2.22. The van der Waals surface area contributed by atoms with E-state index in [0.717, 1.165) is 29.2 Å². The zero-order chi connectivity index (χ0) is 19.6. The Labute approximate surface area is 170 Å².